The van der Waals surface area contributed by atoms with Gasteiger partial charge in [-0.25, -0.2) is 0 Å². The molecule has 3 heteroatoms. The van der Waals surface area contributed by atoms with Crippen molar-refractivity contribution in [2.24, 2.45) is 0 Å². The van der Waals surface area contributed by atoms with Crippen molar-refractivity contribution in [2.75, 3.05) is 4.90 Å². The van der Waals surface area contributed by atoms with Crippen LogP contribution in [0, 0.1) is 0 Å². The van der Waals surface area contributed by atoms with Gasteiger partial charge in [-0.3, -0.25) is 0 Å². The highest BCUT2D eigenvalue weighted by molar-refractivity contribution is 7.00. The molecule has 1 aromatic heterocycles. The fourth-order valence-corrected chi connectivity index (χ4v) is 7.70. The summed E-state index contributed by atoms with van der Waals surface area (Å²) in [5.41, 5.74) is 16.1. The SMILES string of the molecule is CC1(C)c2ccccc2-c2c1c1ccc3c4c1n2-c1ccccc1B4c1ccccc1N3c1ccccc1. The van der Waals surface area contributed by atoms with E-state index in [1.165, 1.54) is 72.4 Å². The normalized spacial score (nSPS) is 15.2. The van der Waals surface area contributed by atoms with Gasteiger partial charge in [0.05, 0.1) is 11.2 Å². The van der Waals surface area contributed by atoms with Gasteiger partial charge < -0.3 is 9.47 Å². The molecule has 6 aromatic rings. The summed E-state index contributed by atoms with van der Waals surface area (Å²) in [5, 5.41) is 1.38. The molecule has 0 atom stereocenters. The maximum atomic E-state index is 2.60. The van der Waals surface area contributed by atoms with Gasteiger partial charge >= 0.3 is 0 Å². The maximum Gasteiger partial charge on any atom is 0.252 e. The van der Waals surface area contributed by atoms with E-state index in [9.17, 15) is 0 Å². The van der Waals surface area contributed by atoms with E-state index in [-0.39, 0.29) is 12.1 Å². The fraction of sp³-hybridized carbons (Fsp3) is 0.0857. The van der Waals surface area contributed by atoms with E-state index in [0.29, 0.717) is 0 Å². The van der Waals surface area contributed by atoms with E-state index < -0.39 is 0 Å². The Morgan fingerprint density at radius 2 is 1.26 bits per heavy atom. The van der Waals surface area contributed by atoms with Crippen LogP contribution in [0.25, 0.3) is 27.8 Å². The Morgan fingerprint density at radius 1 is 0.605 bits per heavy atom. The van der Waals surface area contributed by atoms with Crippen LogP contribution >= 0.6 is 0 Å². The largest absolute Gasteiger partial charge is 0.311 e. The van der Waals surface area contributed by atoms with E-state index in [1.54, 1.807) is 0 Å². The van der Waals surface area contributed by atoms with Gasteiger partial charge in [0, 0.05) is 39.1 Å². The molecule has 0 unspecified atom stereocenters. The average Bonchev–Trinajstić information content (AvgIpc) is 3.44. The summed E-state index contributed by atoms with van der Waals surface area (Å²) in [7, 11) is 0. The van der Waals surface area contributed by atoms with Gasteiger partial charge in [-0.1, -0.05) is 98.8 Å². The molecule has 0 saturated carbocycles. The smallest absolute Gasteiger partial charge is 0.252 e. The molecule has 3 aliphatic rings. The lowest BCUT2D eigenvalue weighted by Gasteiger charge is -2.40. The van der Waals surface area contributed by atoms with Crippen LogP contribution in [0.15, 0.2) is 115 Å². The van der Waals surface area contributed by atoms with Crippen molar-refractivity contribution in [3.8, 4) is 16.9 Å². The first-order valence-electron chi connectivity index (χ1n) is 13.5. The topological polar surface area (TPSA) is 8.17 Å². The van der Waals surface area contributed by atoms with E-state index in [0.717, 1.165) is 0 Å². The zero-order valence-corrected chi connectivity index (χ0v) is 21.4. The molecule has 3 heterocycles. The molecule has 2 aliphatic heterocycles. The highest BCUT2D eigenvalue weighted by Crippen LogP contribution is 2.54. The number of aromatic nitrogens is 1. The Morgan fingerprint density at radius 3 is 2.08 bits per heavy atom. The molecule has 0 bridgehead atoms. The minimum absolute atomic E-state index is 0.0653. The minimum atomic E-state index is -0.0653. The van der Waals surface area contributed by atoms with Crippen LogP contribution in [-0.4, -0.2) is 11.3 Å². The summed E-state index contributed by atoms with van der Waals surface area (Å²) in [6.07, 6.45) is 0. The first kappa shape index (κ1) is 20.5. The van der Waals surface area contributed by atoms with Crippen molar-refractivity contribution < 1.29 is 0 Å². The van der Waals surface area contributed by atoms with Crippen molar-refractivity contribution >= 4 is 51.1 Å². The average molecular weight is 484 g/mol. The van der Waals surface area contributed by atoms with Crippen LogP contribution in [-0.2, 0) is 5.41 Å². The Balaban J connectivity index is 1.50. The Hall–Kier alpha value is -4.50. The van der Waals surface area contributed by atoms with Crippen molar-refractivity contribution in [1.29, 1.82) is 0 Å². The predicted molar refractivity (Wildman–Crippen MR) is 160 cm³/mol. The molecule has 0 amide bonds. The van der Waals surface area contributed by atoms with Crippen LogP contribution < -0.4 is 21.3 Å². The summed E-state index contributed by atoms with van der Waals surface area (Å²) in [6.45, 7) is 4.99. The van der Waals surface area contributed by atoms with Gasteiger partial charge in [-0.2, -0.15) is 0 Å². The van der Waals surface area contributed by atoms with Crippen LogP contribution in [0.3, 0.4) is 0 Å². The van der Waals surface area contributed by atoms with Crippen LogP contribution in [0.4, 0.5) is 17.1 Å². The van der Waals surface area contributed by atoms with Gasteiger partial charge in [0.1, 0.15) is 0 Å². The van der Waals surface area contributed by atoms with Gasteiger partial charge in [0.2, 0.25) is 0 Å². The van der Waals surface area contributed by atoms with Gasteiger partial charge in [0.15, 0.2) is 0 Å². The number of hydrogen-bond donors (Lipinski definition) is 0. The molecule has 2 nitrogen and oxygen atoms in total. The lowest BCUT2D eigenvalue weighted by atomic mass is 9.34. The number of benzene rings is 5. The predicted octanol–water partition coefficient (Wildman–Crippen LogP) is 6.55. The number of anilines is 3. The maximum absolute atomic E-state index is 2.60. The van der Waals surface area contributed by atoms with Crippen molar-refractivity contribution in [3.63, 3.8) is 0 Å². The van der Waals surface area contributed by atoms with Gasteiger partial charge in [0.25, 0.3) is 6.71 Å². The molecule has 0 fully saturated rings. The van der Waals surface area contributed by atoms with Crippen molar-refractivity contribution in [1.82, 2.24) is 4.57 Å². The second-order valence-electron chi connectivity index (χ2n) is 11.3. The first-order valence-corrected chi connectivity index (χ1v) is 13.5. The van der Waals surface area contributed by atoms with E-state index in [1.807, 2.05) is 0 Å². The molecule has 0 spiro atoms. The Bertz CT molecular complexity index is 1960. The quantitative estimate of drug-likeness (QED) is 0.240. The van der Waals surface area contributed by atoms with Crippen molar-refractivity contribution in [3.05, 3.63) is 126 Å². The van der Waals surface area contributed by atoms with Crippen LogP contribution in [0.2, 0.25) is 0 Å². The molecule has 5 aromatic carbocycles. The molecule has 1 aliphatic carbocycles. The van der Waals surface area contributed by atoms with Gasteiger partial charge in [-0.15, -0.1) is 0 Å². The number of fused-ring (bicyclic) bond motifs is 10. The summed E-state index contributed by atoms with van der Waals surface area (Å²) in [4.78, 5) is 2.47. The molecule has 0 radical (unpaired) electrons. The molecule has 0 N–H and O–H groups in total. The molecule has 178 valence electrons. The molecule has 0 saturated heterocycles. The van der Waals surface area contributed by atoms with Crippen molar-refractivity contribution in [2.45, 2.75) is 19.3 Å². The third kappa shape index (κ3) is 2.28. The summed E-state index contributed by atoms with van der Waals surface area (Å²) in [5.74, 6) is 0. The highest BCUT2D eigenvalue weighted by Gasteiger charge is 2.46. The lowest BCUT2D eigenvalue weighted by Crippen LogP contribution is -2.60. The van der Waals surface area contributed by atoms with E-state index in [4.69, 9.17) is 0 Å². The number of nitrogens with zero attached hydrogens (tertiary/aromatic N) is 2. The second-order valence-corrected chi connectivity index (χ2v) is 11.3. The summed E-state index contributed by atoms with van der Waals surface area (Å²) >= 11 is 0. The van der Waals surface area contributed by atoms with E-state index >= 15 is 0 Å². The fourth-order valence-electron chi connectivity index (χ4n) is 7.70. The zero-order chi connectivity index (χ0) is 25.2. The minimum Gasteiger partial charge on any atom is -0.311 e. The summed E-state index contributed by atoms with van der Waals surface area (Å²) in [6, 6.07) is 42.7. The number of para-hydroxylation sites is 3. The standard InChI is InChI=1S/C35H25BN2/c1-35(2)25-15-7-6-14-23(25)33-31(35)24-20-21-30-32-34(24)38(33)29-19-11-9-17-27(29)36(32)26-16-8-10-18-28(26)37(30)22-12-4-3-5-13-22/h3-21H,1-2H3. The second kappa shape index (κ2) is 6.87. The molecular formula is C35H25BN2. The van der Waals surface area contributed by atoms with Gasteiger partial charge in [-0.05, 0) is 57.8 Å². The Kier molecular flexibility index (Phi) is 3.72. The van der Waals surface area contributed by atoms with E-state index in [2.05, 4.69) is 139 Å². The number of rotatable bonds is 1. The van der Waals surface area contributed by atoms with Crippen LogP contribution in [0.1, 0.15) is 25.0 Å². The molecular weight excluding hydrogens is 459 g/mol. The third-order valence-corrected chi connectivity index (χ3v) is 9.15. The van der Waals surface area contributed by atoms with Crippen LogP contribution in [0.5, 0.6) is 0 Å². The molecule has 9 rings (SSSR count). The number of hydrogen-bond acceptors (Lipinski definition) is 1. The lowest BCUT2D eigenvalue weighted by molar-refractivity contribution is 0.666. The Labute approximate surface area is 222 Å². The summed E-state index contributed by atoms with van der Waals surface area (Å²) < 4.78 is 2.60. The first-order chi connectivity index (χ1) is 18.7. The molecule has 38 heavy (non-hydrogen) atoms. The highest BCUT2D eigenvalue weighted by atomic mass is 15.2. The monoisotopic (exact) mass is 484 g/mol. The zero-order valence-electron chi connectivity index (χ0n) is 21.4. The third-order valence-electron chi connectivity index (χ3n) is 9.15.